The van der Waals surface area contributed by atoms with E-state index in [1.54, 1.807) is 27.0 Å². The van der Waals surface area contributed by atoms with E-state index in [2.05, 4.69) is 6.92 Å². The molecule has 2 unspecified atom stereocenters. The van der Waals surface area contributed by atoms with Crippen LogP contribution in [0.4, 0.5) is 0 Å². The lowest BCUT2D eigenvalue weighted by atomic mass is 9.41. The summed E-state index contributed by atoms with van der Waals surface area (Å²) in [6, 6.07) is 0. The Hall–Kier alpha value is -3.42. The largest absolute Gasteiger partial charge is 0.469 e. The number of ether oxygens (including phenoxy) is 3. The minimum atomic E-state index is -1.62. The molecule has 6 saturated carbocycles. The van der Waals surface area contributed by atoms with Crippen molar-refractivity contribution in [3.63, 3.8) is 0 Å². The van der Waals surface area contributed by atoms with Gasteiger partial charge in [-0.15, -0.1) is 0 Å². The average Bonchev–Trinajstić information content (AvgIpc) is 3.18. The van der Waals surface area contributed by atoms with E-state index in [1.807, 2.05) is 20.8 Å². The number of hydrogen-bond acceptors (Lipinski definition) is 12. The molecule has 13 heteroatoms. The molecule has 15 atom stereocenters. The summed E-state index contributed by atoms with van der Waals surface area (Å²) in [5, 5.41) is 32.7. The first-order valence-electron chi connectivity index (χ1n) is 21.3. The number of rotatable bonds is 7. The van der Waals surface area contributed by atoms with Crippen LogP contribution >= 0.6 is 0 Å². The second-order valence-electron chi connectivity index (χ2n) is 19.5. The van der Waals surface area contributed by atoms with Crippen molar-refractivity contribution in [2.45, 2.75) is 118 Å². The van der Waals surface area contributed by atoms with Gasteiger partial charge < -0.3 is 34.4 Å². The highest BCUT2D eigenvalue weighted by molar-refractivity contribution is 5.95. The number of carbonyl (C=O) groups excluding carboxylic acids is 6. The third-order valence-electron chi connectivity index (χ3n) is 16.9. The average molecular weight is 812 g/mol. The third-order valence-corrected chi connectivity index (χ3v) is 16.9. The molecule has 0 aliphatic heterocycles. The molecule has 0 aromatic heterocycles. The molecular weight excluding hydrogens is 746 g/mol. The quantitative estimate of drug-likeness (QED) is 0.191. The fraction of sp³-hybridized carbons (Fsp3) is 0.778. The lowest BCUT2D eigenvalue weighted by Crippen LogP contribution is -2.68. The third kappa shape index (κ3) is 6.60. The normalized spacial score (nSPS) is 44.9. The number of methoxy groups -OCH3 is 2. The number of likely N-dealkylation sites (N-methyl/N-ethyl adjacent to an activating group) is 1. The Bertz CT molecular complexity index is 1770. The van der Waals surface area contributed by atoms with Crippen LogP contribution < -0.4 is 0 Å². The van der Waals surface area contributed by atoms with Gasteiger partial charge in [-0.25, -0.2) is 4.79 Å². The highest BCUT2D eigenvalue weighted by Crippen LogP contribution is 2.66. The van der Waals surface area contributed by atoms with Crippen molar-refractivity contribution >= 4 is 35.4 Å². The molecule has 0 aromatic carbocycles. The molecule has 322 valence electrons. The predicted octanol–water partition coefficient (Wildman–Crippen LogP) is 3.99. The molecule has 6 aliphatic rings. The molecule has 0 radical (unpaired) electrons. The zero-order valence-corrected chi connectivity index (χ0v) is 35.7. The highest BCUT2D eigenvalue weighted by atomic mass is 16.6. The van der Waals surface area contributed by atoms with Crippen LogP contribution in [0.2, 0.25) is 0 Å². The second-order valence-corrected chi connectivity index (χ2v) is 19.5. The number of amides is 1. The lowest BCUT2D eigenvalue weighted by Gasteiger charge is -2.62. The van der Waals surface area contributed by atoms with Gasteiger partial charge in [0.25, 0.3) is 0 Å². The molecule has 0 bridgehead atoms. The molecule has 58 heavy (non-hydrogen) atoms. The summed E-state index contributed by atoms with van der Waals surface area (Å²) >= 11 is 0. The van der Waals surface area contributed by atoms with Gasteiger partial charge in [0.1, 0.15) is 23.7 Å². The lowest BCUT2D eigenvalue weighted by molar-refractivity contribution is -0.214. The maximum Gasteiger partial charge on any atom is 0.331 e. The Morgan fingerprint density at radius 1 is 0.759 bits per heavy atom. The van der Waals surface area contributed by atoms with Gasteiger partial charge in [0.15, 0.2) is 11.6 Å². The zero-order valence-electron chi connectivity index (χ0n) is 35.7. The smallest absolute Gasteiger partial charge is 0.331 e. The van der Waals surface area contributed by atoms with Crippen LogP contribution in [0.1, 0.15) is 99.3 Å². The standard InChI is InChI=1S/C45H65NO12/c1-23-25(21-30(48)46(7)19-20-47)11-13-28-32(23)35(51)37(53)39-43(28,4)18-15-29(45(39,6)41(55)57-9)58-31(49)22-26-12-14-27-33(24(26)2)34(50)36(52)38-42(27,3)16-10-17-44(38,5)40(54)56-8/h21-24,27-29,32-35,38-39,47,50-51H,10-20H2,1-9H3/b25-21+,26-22+/t23-,24-,27-,28-,29-,32-,33-,34+,35+,38?,39?,42+,43+,44-,45-/m0/s1. The summed E-state index contributed by atoms with van der Waals surface area (Å²) in [5.74, 6) is -6.54. The number of esters is 3. The summed E-state index contributed by atoms with van der Waals surface area (Å²) in [6.45, 7) is 11.3. The van der Waals surface area contributed by atoms with Crippen molar-refractivity contribution in [3.8, 4) is 0 Å². The van der Waals surface area contributed by atoms with Gasteiger partial charge in [0.05, 0.1) is 26.2 Å². The van der Waals surface area contributed by atoms with Crippen LogP contribution in [0.15, 0.2) is 23.3 Å². The number of fused-ring (bicyclic) bond motifs is 6. The van der Waals surface area contributed by atoms with E-state index in [1.165, 1.54) is 25.2 Å². The molecule has 3 N–H and O–H groups in total. The van der Waals surface area contributed by atoms with Gasteiger partial charge >= 0.3 is 17.9 Å². The number of nitrogens with zero attached hydrogens (tertiary/aromatic N) is 1. The summed E-state index contributed by atoms with van der Waals surface area (Å²) in [7, 11) is 4.17. The van der Waals surface area contributed by atoms with Crippen molar-refractivity contribution in [1.29, 1.82) is 0 Å². The number of aliphatic hydroxyl groups is 3. The zero-order chi connectivity index (χ0) is 42.9. The van der Waals surface area contributed by atoms with Crippen molar-refractivity contribution in [3.05, 3.63) is 23.3 Å². The number of carbonyl (C=O) groups is 6. The Balaban J connectivity index is 1.24. The molecular formula is C45H65NO12. The fourth-order valence-corrected chi connectivity index (χ4v) is 14.0. The molecule has 0 heterocycles. The first kappa shape index (κ1) is 44.1. The number of allylic oxidation sites excluding steroid dienone is 2. The Kier molecular flexibility index (Phi) is 12.1. The molecule has 0 spiro atoms. The van der Waals surface area contributed by atoms with Crippen LogP contribution in [0.5, 0.6) is 0 Å². The minimum absolute atomic E-state index is 0.0778. The van der Waals surface area contributed by atoms with Gasteiger partial charge in [-0.2, -0.15) is 0 Å². The van der Waals surface area contributed by atoms with E-state index < -0.39 is 87.3 Å². The Labute approximate surface area is 342 Å². The first-order valence-corrected chi connectivity index (χ1v) is 21.3. The van der Waals surface area contributed by atoms with Crippen LogP contribution in [0.25, 0.3) is 0 Å². The van der Waals surface area contributed by atoms with Crippen LogP contribution in [-0.4, -0.2) is 108 Å². The summed E-state index contributed by atoms with van der Waals surface area (Å²) < 4.78 is 16.7. The van der Waals surface area contributed by atoms with Crippen molar-refractivity contribution in [2.24, 2.45) is 69.0 Å². The van der Waals surface area contributed by atoms with Gasteiger partial charge in [0.2, 0.25) is 5.91 Å². The number of hydrogen-bond donors (Lipinski definition) is 3. The van der Waals surface area contributed by atoms with E-state index in [0.29, 0.717) is 38.5 Å². The summed E-state index contributed by atoms with van der Waals surface area (Å²) in [4.78, 5) is 83.9. The van der Waals surface area contributed by atoms with Crippen LogP contribution in [0.3, 0.4) is 0 Å². The molecule has 6 fully saturated rings. The highest BCUT2D eigenvalue weighted by Gasteiger charge is 2.70. The SMILES string of the molecule is COC(=O)[C@@]1(C)CCC[C@@]2(C)C1C(=O)[C@H](O)[C@H]1[C@@H](C)/C(=C/C(=O)O[C@H]3CC[C@@]4(C)C(C(=O)[C@H](O)[C@H]5[C@@H](C)/C(=C/C(=O)N(C)CCO)CC[C@@H]54)[C@@]3(C)C(=O)OC)CC[C@@H]12. The van der Waals surface area contributed by atoms with Gasteiger partial charge in [0, 0.05) is 49.4 Å². The first-order chi connectivity index (χ1) is 27.2. The molecule has 6 aliphatic carbocycles. The maximum absolute atomic E-state index is 14.5. The van der Waals surface area contributed by atoms with E-state index in [4.69, 9.17) is 14.2 Å². The van der Waals surface area contributed by atoms with Gasteiger partial charge in [-0.3, -0.25) is 24.0 Å². The summed E-state index contributed by atoms with van der Waals surface area (Å²) in [6.07, 6.45) is 4.15. The van der Waals surface area contributed by atoms with E-state index in [-0.39, 0.29) is 54.9 Å². The Morgan fingerprint density at radius 3 is 1.81 bits per heavy atom. The van der Waals surface area contributed by atoms with Gasteiger partial charge in [-0.05, 0) is 99.7 Å². The van der Waals surface area contributed by atoms with Crippen LogP contribution in [0, 0.1) is 69.0 Å². The molecule has 6 rings (SSSR count). The molecule has 0 aromatic rings. The van der Waals surface area contributed by atoms with E-state index >= 15 is 0 Å². The minimum Gasteiger partial charge on any atom is -0.469 e. The molecule has 0 saturated heterocycles. The van der Waals surface area contributed by atoms with Crippen molar-refractivity contribution in [2.75, 3.05) is 34.4 Å². The molecule has 1 amide bonds. The monoisotopic (exact) mass is 811 g/mol. The van der Waals surface area contributed by atoms with Gasteiger partial charge in [-0.1, -0.05) is 45.3 Å². The summed E-state index contributed by atoms with van der Waals surface area (Å²) in [5.41, 5.74) is -2.40. The Morgan fingerprint density at radius 2 is 1.28 bits per heavy atom. The number of Topliss-reactive ketones (excluding diaryl/α,β-unsaturated/α-hetero) is 2. The fourth-order valence-electron chi connectivity index (χ4n) is 14.0. The number of ketones is 2. The second kappa shape index (κ2) is 15.9. The van der Waals surface area contributed by atoms with Crippen molar-refractivity contribution < 1.29 is 58.3 Å². The molecule has 13 nitrogen and oxygen atoms in total. The predicted molar refractivity (Wildman–Crippen MR) is 210 cm³/mol. The van der Waals surface area contributed by atoms with Crippen LogP contribution in [-0.2, 0) is 43.0 Å². The van der Waals surface area contributed by atoms with E-state index in [0.717, 1.165) is 24.0 Å². The maximum atomic E-state index is 14.5. The topological polar surface area (TPSA) is 194 Å². The number of aliphatic hydroxyl groups excluding tert-OH is 3. The van der Waals surface area contributed by atoms with E-state index in [9.17, 15) is 44.1 Å². The van der Waals surface area contributed by atoms with Crippen molar-refractivity contribution in [1.82, 2.24) is 4.90 Å².